The fraction of sp³-hybridized carbons (Fsp3) is 0.333. The van der Waals surface area contributed by atoms with Crippen molar-refractivity contribution in [2.45, 2.75) is 27.7 Å². The maximum atomic E-state index is 13.7. The standard InChI is InChI=1S/C21H22F3N3O2/c1-14-19(12-25-28-13-15(22)7-6-8-21(2,3)4)20(27(5)26-14)29-18-10-16(23)9-17(24)11-18/h7,9-12H,13H2,1-5H3. The van der Waals surface area contributed by atoms with Gasteiger partial charge >= 0.3 is 0 Å². The normalized spacial score (nSPS) is 12.1. The molecule has 1 aromatic carbocycles. The molecule has 0 radical (unpaired) electrons. The predicted molar refractivity (Wildman–Crippen MR) is 104 cm³/mol. The molecule has 154 valence electrons. The second-order valence-corrected chi connectivity index (χ2v) is 7.25. The lowest BCUT2D eigenvalue weighted by molar-refractivity contribution is 0.154. The molecule has 1 heterocycles. The van der Waals surface area contributed by atoms with Crippen LogP contribution in [0.3, 0.4) is 0 Å². The number of allylic oxidation sites excluding steroid dienone is 1. The Kier molecular flexibility index (Phi) is 7.10. The molecular formula is C21H22F3N3O2. The van der Waals surface area contributed by atoms with Crippen molar-refractivity contribution in [3.63, 3.8) is 0 Å². The van der Waals surface area contributed by atoms with E-state index in [1.54, 1.807) is 14.0 Å². The molecule has 0 aliphatic heterocycles. The largest absolute Gasteiger partial charge is 0.438 e. The van der Waals surface area contributed by atoms with Crippen molar-refractivity contribution in [2.24, 2.45) is 17.6 Å². The van der Waals surface area contributed by atoms with Gasteiger partial charge in [0.15, 0.2) is 6.61 Å². The highest BCUT2D eigenvalue weighted by molar-refractivity contribution is 5.84. The maximum Gasteiger partial charge on any atom is 0.226 e. The summed E-state index contributed by atoms with van der Waals surface area (Å²) in [6, 6.07) is 2.83. The summed E-state index contributed by atoms with van der Waals surface area (Å²) < 4.78 is 47.4. The molecule has 29 heavy (non-hydrogen) atoms. The molecule has 0 amide bonds. The minimum atomic E-state index is -0.769. The second kappa shape index (κ2) is 9.32. The molecule has 0 aliphatic carbocycles. The van der Waals surface area contributed by atoms with Crippen molar-refractivity contribution in [3.05, 3.63) is 53.0 Å². The van der Waals surface area contributed by atoms with E-state index < -0.39 is 17.5 Å². The van der Waals surface area contributed by atoms with E-state index in [4.69, 9.17) is 9.57 Å². The fourth-order valence-corrected chi connectivity index (χ4v) is 2.18. The highest BCUT2D eigenvalue weighted by Crippen LogP contribution is 2.27. The Hall–Kier alpha value is -3.21. The Morgan fingerprint density at radius 2 is 1.90 bits per heavy atom. The molecule has 2 aromatic rings. The van der Waals surface area contributed by atoms with Crippen LogP contribution in [0.5, 0.6) is 11.6 Å². The minimum Gasteiger partial charge on any atom is -0.438 e. The van der Waals surface area contributed by atoms with Crippen LogP contribution in [0.25, 0.3) is 0 Å². The van der Waals surface area contributed by atoms with Crippen molar-refractivity contribution < 1.29 is 22.7 Å². The van der Waals surface area contributed by atoms with Gasteiger partial charge in [-0.2, -0.15) is 5.10 Å². The van der Waals surface area contributed by atoms with Crippen LogP contribution in [0.4, 0.5) is 13.2 Å². The molecule has 0 fully saturated rings. The van der Waals surface area contributed by atoms with Gasteiger partial charge in [0.25, 0.3) is 0 Å². The van der Waals surface area contributed by atoms with Gasteiger partial charge in [-0.3, -0.25) is 0 Å². The summed E-state index contributed by atoms with van der Waals surface area (Å²) in [4.78, 5) is 4.94. The van der Waals surface area contributed by atoms with E-state index in [0.717, 1.165) is 24.3 Å². The summed E-state index contributed by atoms with van der Waals surface area (Å²) in [5.41, 5.74) is 0.738. The number of aryl methyl sites for hydroxylation is 2. The Labute approximate surface area is 167 Å². The summed E-state index contributed by atoms with van der Waals surface area (Å²) in [5.74, 6) is 3.56. The van der Waals surface area contributed by atoms with Crippen molar-refractivity contribution in [1.29, 1.82) is 0 Å². The third kappa shape index (κ3) is 7.03. The zero-order valence-corrected chi connectivity index (χ0v) is 16.9. The van der Waals surface area contributed by atoms with Crippen LogP contribution in [0, 0.1) is 35.8 Å². The van der Waals surface area contributed by atoms with Gasteiger partial charge in [-0.1, -0.05) is 17.0 Å². The number of hydrogen-bond donors (Lipinski definition) is 0. The monoisotopic (exact) mass is 405 g/mol. The number of hydrogen-bond acceptors (Lipinski definition) is 4. The summed E-state index contributed by atoms with van der Waals surface area (Å²) in [7, 11) is 1.60. The van der Waals surface area contributed by atoms with E-state index in [1.165, 1.54) is 10.9 Å². The van der Waals surface area contributed by atoms with Gasteiger partial charge in [0.1, 0.15) is 23.2 Å². The van der Waals surface area contributed by atoms with Gasteiger partial charge in [-0.15, -0.1) is 0 Å². The Balaban J connectivity index is 2.09. The van der Waals surface area contributed by atoms with E-state index >= 15 is 0 Å². The lowest BCUT2D eigenvalue weighted by atomic mass is 9.98. The highest BCUT2D eigenvalue weighted by Gasteiger charge is 2.15. The van der Waals surface area contributed by atoms with Crippen molar-refractivity contribution in [1.82, 2.24) is 9.78 Å². The molecule has 0 saturated carbocycles. The molecule has 0 unspecified atom stereocenters. The van der Waals surface area contributed by atoms with Gasteiger partial charge in [0.2, 0.25) is 5.88 Å². The molecule has 8 heteroatoms. The third-order valence-corrected chi connectivity index (χ3v) is 3.40. The van der Waals surface area contributed by atoms with E-state index in [2.05, 4.69) is 22.1 Å². The number of nitrogens with zero attached hydrogens (tertiary/aromatic N) is 3. The van der Waals surface area contributed by atoms with Crippen molar-refractivity contribution >= 4 is 6.21 Å². The second-order valence-electron chi connectivity index (χ2n) is 7.25. The van der Waals surface area contributed by atoms with E-state index in [-0.39, 0.29) is 23.7 Å². The molecule has 0 spiro atoms. The molecule has 0 atom stereocenters. The molecule has 1 aromatic heterocycles. The van der Waals surface area contributed by atoms with Gasteiger partial charge < -0.3 is 9.57 Å². The molecule has 2 rings (SSSR count). The van der Waals surface area contributed by atoms with Crippen LogP contribution in [-0.2, 0) is 11.9 Å². The Morgan fingerprint density at radius 1 is 1.24 bits per heavy atom. The fourth-order valence-electron chi connectivity index (χ4n) is 2.18. The smallest absolute Gasteiger partial charge is 0.226 e. The van der Waals surface area contributed by atoms with E-state index in [1.807, 2.05) is 20.8 Å². The van der Waals surface area contributed by atoms with E-state index in [9.17, 15) is 13.2 Å². The summed E-state index contributed by atoms with van der Waals surface area (Å²) in [5, 5.41) is 7.90. The lowest BCUT2D eigenvalue weighted by Gasteiger charge is -2.07. The van der Waals surface area contributed by atoms with Crippen LogP contribution in [0.1, 0.15) is 32.0 Å². The number of aromatic nitrogens is 2. The first-order valence-electron chi connectivity index (χ1n) is 8.75. The van der Waals surface area contributed by atoms with Crippen molar-refractivity contribution in [2.75, 3.05) is 6.61 Å². The van der Waals surface area contributed by atoms with Crippen LogP contribution in [0.15, 0.2) is 35.3 Å². The highest BCUT2D eigenvalue weighted by atomic mass is 19.1. The van der Waals surface area contributed by atoms with E-state index in [0.29, 0.717) is 11.3 Å². The third-order valence-electron chi connectivity index (χ3n) is 3.40. The quantitative estimate of drug-likeness (QED) is 0.384. The van der Waals surface area contributed by atoms with Gasteiger partial charge in [0, 0.05) is 36.7 Å². The number of oxime groups is 1. The van der Waals surface area contributed by atoms with Gasteiger partial charge in [0.05, 0.1) is 17.5 Å². The molecular weight excluding hydrogens is 383 g/mol. The zero-order chi connectivity index (χ0) is 21.6. The summed E-state index contributed by atoms with van der Waals surface area (Å²) in [6.07, 6.45) is 2.42. The van der Waals surface area contributed by atoms with Crippen LogP contribution < -0.4 is 4.74 Å². The first-order chi connectivity index (χ1) is 13.5. The first-order valence-corrected chi connectivity index (χ1v) is 8.75. The topological polar surface area (TPSA) is 48.6 Å². The zero-order valence-electron chi connectivity index (χ0n) is 16.9. The first kappa shape index (κ1) is 22.1. The SMILES string of the molecule is Cc1nn(C)c(Oc2cc(F)cc(F)c2)c1C=NOCC(F)=CC#CC(C)(C)C. The Morgan fingerprint density at radius 3 is 2.52 bits per heavy atom. The molecule has 5 nitrogen and oxygen atoms in total. The number of rotatable bonds is 6. The number of benzene rings is 1. The molecule has 0 bridgehead atoms. The average Bonchev–Trinajstić information content (AvgIpc) is 2.83. The Bertz CT molecular complexity index is 973. The molecule has 0 saturated heterocycles. The van der Waals surface area contributed by atoms with Crippen LogP contribution >= 0.6 is 0 Å². The summed E-state index contributed by atoms with van der Waals surface area (Å²) >= 11 is 0. The average molecular weight is 405 g/mol. The number of halogens is 3. The minimum absolute atomic E-state index is 0.0348. The van der Waals surface area contributed by atoms with Gasteiger partial charge in [-0.05, 0) is 27.7 Å². The molecule has 0 N–H and O–H groups in total. The van der Waals surface area contributed by atoms with Gasteiger partial charge in [-0.25, -0.2) is 17.9 Å². The summed E-state index contributed by atoms with van der Waals surface area (Å²) in [6.45, 7) is 7.06. The van der Waals surface area contributed by atoms with Crippen LogP contribution in [-0.4, -0.2) is 22.6 Å². The predicted octanol–water partition coefficient (Wildman–Crippen LogP) is 5.05. The van der Waals surface area contributed by atoms with Crippen molar-refractivity contribution in [3.8, 4) is 23.5 Å². The van der Waals surface area contributed by atoms with Crippen LogP contribution in [0.2, 0.25) is 0 Å². The lowest BCUT2D eigenvalue weighted by Crippen LogP contribution is -1.99. The number of ether oxygens (including phenoxy) is 1. The maximum absolute atomic E-state index is 13.7. The molecule has 0 aliphatic rings.